The first-order chi connectivity index (χ1) is 13.6. The van der Waals surface area contributed by atoms with Crippen molar-refractivity contribution in [2.24, 2.45) is 0 Å². The molecule has 4 rings (SSSR count). The summed E-state index contributed by atoms with van der Waals surface area (Å²) in [5.41, 5.74) is 0.764. The van der Waals surface area contributed by atoms with Crippen LogP contribution < -0.4 is 9.80 Å². The zero-order chi connectivity index (χ0) is 20.8. The van der Waals surface area contributed by atoms with Gasteiger partial charge in [0.25, 0.3) is 0 Å². The Balaban J connectivity index is 1.48. The molecule has 1 fully saturated rings. The summed E-state index contributed by atoms with van der Waals surface area (Å²) in [6.45, 7) is 8.55. The first kappa shape index (κ1) is 19.4. The molecule has 29 heavy (non-hydrogen) atoms. The lowest BCUT2D eigenvalue weighted by Gasteiger charge is -2.35. The molecule has 0 aromatic carbocycles. The molecule has 3 aromatic rings. The van der Waals surface area contributed by atoms with Crippen molar-refractivity contribution in [2.75, 3.05) is 36.0 Å². The van der Waals surface area contributed by atoms with Crippen LogP contribution in [0.2, 0.25) is 0 Å². The van der Waals surface area contributed by atoms with Crippen molar-refractivity contribution in [1.82, 2.24) is 24.6 Å². The van der Waals surface area contributed by atoms with E-state index in [1.54, 1.807) is 9.42 Å². The van der Waals surface area contributed by atoms with E-state index in [1.807, 2.05) is 18.3 Å². The number of aromatic nitrogens is 5. The molecule has 0 spiro atoms. The molecule has 1 aliphatic rings. The third kappa shape index (κ3) is 3.96. The van der Waals surface area contributed by atoms with Gasteiger partial charge in [0.05, 0.1) is 11.9 Å². The maximum atomic E-state index is 12.9. The van der Waals surface area contributed by atoms with Crippen LogP contribution in [0.3, 0.4) is 0 Å². The smallest absolute Gasteiger partial charge is 0.352 e. The first-order valence-corrected chi connectivity index (χ1v) is 9.38. The Morgan fingerprint density at radius 2 is 1.55 bits per heavy atom. The number of anilines is 2. The third-order valence-electron chi connectivity index (χ3n) is 4.89. The van der Waals surface area contributed by atoms with E-state index in [-0.39, 0.29) is 11.4 Å². The Hall–Kier alpha value is -2.91. The minimum Gasteiger partial charge on any atom is -0.352 e. The number of piperazine rings is 1. The highest BCUT2D eigenvalue weighted by Gasteiger charge is 2.33. The van der Waals surface area contributed by atoms with E-state index in [0.29, 0.717) is 26.2 Å². The number of halogens is 3. The van der Waals surface area contributed by atoms with E-state index >= 15 is 0 Å². The van der Waals surface area contributed by atoms with Crippen LogP contribution >= 0.6 is 0 Å². The summed E-state index contributed by atoms with van der Waals surface area (Å²) in [4.78, 5) is 16.2. The van der Waals surface area contributed by atoms with Crippen molar-refractivity contribution in [1.29, 1.82) is 0 Å². The predicted molar refractivity (Wildman–Crippen MR) is 103 cm³/mol. The molecule has 154 valence electrons. The lowest BCUT2D eigenvalue weighted by molar-refractivity contribution is -0.141. The van der Waals surface area contributed by atoms with E-state index in [9.17, 15) is 13.2 Å². The molecule has 0 atom stereocenters. The topological polar surface area (TPSA) is 62.5 Å². The van der Waals surface area contributed by atoms with Gasteiger partial charge in [0.15, 0.2) is 5.65 Å². The molecule has 3 aromatic heterocycles. The molecule has 0 bridgehead atoms. The van der Waals surface area contributed by atoms with Crippen molar-refractivity contribution in [3.63, 3.8) is 0 Å². The van der Waals surface area contributed by atoms with Gasteiger partial charge in [-0.2, -0.15) is 13.2 Å². The molecular weight excluding hydrogens is 383 g/mol. The number of alkyl halides is 3. The number of hydrogen-bond donors (Lipinski definition) is 0. The minimum atomic E-state index is -4.48. The fraction of sp³-hybridized carbons (Fsp3) is 0.474. The fourth-order valence-electron chi connectivity index (χ4n) is 3.20. The third-order valence-corrected chi connectivity index (χ3v) is 4.89. The van der Waals surface area contributed by atoms with Gasteiger partial charge in [-0.1, -0.05) is 20.8 Å². The quantitative estimate of drug-likeness (QED) is 0.653. The number of nitrogens with zero attached hydrogens (tertiary/aromatic N) is 7. The van der Waals surface area contributed by atoms with E-state index in [1.165, 1.54) is 0 Å². The second-order valence-electron chi connectivity index (χ2n) is 8.08. The van der Waals surface area contributed by atoms with Gasteiger partial charge in [-0.25, -0.2) is 19.5 Å². The van der Waals surface area contributed by atoms with Crippen LogP contribution in [-0.2, 0) is 11.6 Å². The number of rotatable bonds is 2. The van der Waals surface area contributed by atoms with Crippen molar-refractivity contribution in [2.45, 2.75) is 32.4 Å². The summed E-state index contributed by atoms with van der Waals surface area (Å²) in [6.07, 6.45) is -1.39. The summed E-state index contributed by atoms with van der Waals surface area (Å²) in [5.74, 6) is 0.910. The monoisotopic (exact) mass is 405 g/mol. The average Bonchev–Trinajstić information content (AvgIpc) is 3.11. The summed E-state index contributed by atoms with van der Waals surface area (Å²) >= 11 is 0. The van der Waals surface area contributed by atoms with E-state index in [4.69, 9.17) is 0 Å². The Labute approximate surface area is 166 Å². The zero-order valence-electron chi connectivity index (χ0n) is 16.5. The Bertz CT molecular complexity index is 1010. The normalized spacial score (nSPS) is 15.9. The first-order valence-electron chi connectivity index (χ1n) is 9.38. The van der Waals surface area contributed by atoms with Crippen molar-refractivity contribution >= 4 is 17.4 Å². The Morgan fingerprint density at radius 1 is 0.862 bits per heavy atom. The molecule has 0 amide bonds. The van der Waals surface area contributed by atoms with Gasteiger partial charge in [0, 0.05) is 37.8 Å². The van der Waals surface area contributed by atoms with Crippen LogP contribution in [0.25, 0.3) is 5.65 Å². The highest BCUT2D eigenvalue weighted by molar-refractivity contribution is 5.48. The summed E-state index contributed by atoms with van der Waals surface area (Å²) in [5, 5.41) is 4.66. The molecule has 1 saturated heterocycles. The molecule has 0 unspecified atom stereocenters. The highest BCUT2D eigenvalue weighted by Crippen LogP contribution is 2.28. The summed E-state index contributed by atoms with van der Waals surface area (Å²) < 4.78 is 40.4. The van der Waals surface area contributed by atoms with Gasteiger partial charge in [-0.15, -0.1) is 5.10 Å². The van der Waals surface area contributed by atoms with Gasteiger partial charge in [-0.05, 0) is 18.2 Å². The fourth-order valence-corrected chi connectivity index (χ4v) is 3.20. The van der Waals surface area contributed by atoms with E-state index in [2.05, 4.69) is 45.7 Å². The van der Waals surface area contributed by atoms with E-state index in [0.717, 1.165) is 29.4 Å². The van der Waals surface area contributed by atoms with Crippen LogP contribution in [-0.4, -0.2) is 50.7 Å². The summed E-state index contributed by atoms with van der Waals surface area (Å²) in [7, 11) is 0. The second-order valence-corrected chi connectivity index (χ2v) is 8.08. The summed E-state index contributed by atoms with van der Waals surface area (Å²) in [6, 6.07) is 4.74. The molecule has 7 nitrogen and oxygen atoms in total. The minimum absolute atomic E-state index is 0.0650. The molecule has 0 saturated carbocycles. The maximum Gasteiger partial charge on any atom is 0.433 e. The standard InChI is InChI=1S/C19H22F3N7/c1-18(2,3)14-12-29-15(24-14)4-5-16(26-29)27-8-10-28(11-9-27)17-23-7-6-13(25-17)19(20,21)22/h4-7,12H,8-11H2,1-3H3. The number of imidazole rings is 1. The van der Waals surface area contributed by atoms with Crippen molar-refractivity contribution in [3.8, 4) is 0 Å². The molecule has 0 radical (unpaired) electrons. The largest absolute Gasteiger partial charge is 0.433 e. The highest BCUT2D eigenvalue weighted by atomic mass is 19.4. The average molecular weight is 405 g/mol. The predicted octanol–water partition coefficient (Wildman–Crippen LogP) is 3.16. The van der Waals surface area contributed by atoms with Gasteiger partial charge in [0.2, 0.25) is 5.95 Å². The molecule has 0 aliphatic carbocycles. The number of hydrogen-bond acceptors (Lipinski definition) is 6. The van der Waals surface area contributed by atoms with Crippen LogP contribution in [0.15, 0.2) is 30.6 Å². The lowest BCUT2D eigenvalue weighted by Crippen LogP contribution is -2.47. The van der Waals surface area contributed by atoms with Crippen molar-refractivity contribution in [3.05, 3.63) is 42.0 Å². The molecular formula is C19H22F3N7. The van der Waals surface area contributed by atoms with Gasteiger partial charge < -0.3 is 9.80 Å². The van der Waals surface area contributed by atoms with Gasteiger partial charge in [-0.3, -0.25) is 0 Å². The second kappa shape index (κ2) is 6.85. The SMILES string of the molecule is CC(C)(C)c1cn2nc(N3CCN(c4nccc(C(F)(F)F)n4)CC3)ccc2n1. The number of fused-ring (bicyclic) bond motifs is 1. The maximum absolute atomic E-state index is 12.9. The zero-order valence-corrected chi connectivity index (χ0v) is 16.5. The molecule has 4 heterocycles. The Kier molecular flexibility index (Phi) is 4.59. The van der Waals surface area contributed by atoms with Gasteiger partial charge >= 0.3 is 6.18 Å². The lowest BCUT2D eigenvalue weighted by atomic mass is 9.93. The van der Waals surface area contributed by atoms with Gasteiger partial charge in [0.1, 0.15) is 11.5 Å². The molecule has 1 aliphatic heterocycles. The van der Waals surface area contributed by atoms with Crippen molar-refractivity contribution < 1.29 is 13.2 Å². The van der Waals surface area contributed by atoms with Crippen LogP contribution in [0, 0.1) is 0 Å². The van der Waals surface area contributed by atoms with Crippen LogP contribution in [0.5, 0.6) is 0 Å². The van der Waals surface area contributed by atoms with Crippen LogP contribution in [0.1, 0.15) is 32.2 Å². The van der Waals surface area contributed by atoms with E-state index < -0.39 is 11.9 Å². The molecule has 0 N–H and O–H groups in total. The Morgan fingerprint density at radius 3 is 2.21 bits per heavy atom. The molecule has 10 heteroatoms. The van der Waals surface area contributed by atoms with Crippen LogP contribution in [0.4, 0.5) is 24.9 Å².